The van der Waals surface area contributed by atoms with E-state index in [9.17, 15) is 23.1 Å². The molecule has 26 heavy (non-hydrogen) atoms. The monoisotopic (exact) mass is 378 g/mol. The highest BCUT2D eigenvalue weighted by Crippen LogP contribution is 2.12. The third-order valence-corrected chi connectivity index (χ3v) is 4.54. The van der Waals surface area contributed by atoms with Crippen LogP contribution in [-0.4, -0.2) is 44.1 Å². The van der Waals surface area contributed by atoms with Crippen molar-refractivity contribution in [3.05, 3.63) is 41.2 Å². The molecule has 3 N–H and O–H groups in total. The Morgan fingerprint density at radius 3 is 2.31 bits per heavy atom. The van der Waals surface area contributed by atoms with E-state index in [1.54, 1.807) is 0 Å². The van der Waals surface area contributed by atoms with Crippen LogP contribution in [0, 0.1) is 17.8 Å². The van der Waals surface area contributed by atoms with Gasteiger partial charge in [0.1, 0.15) is 12.4 Å². The molecule has 0 radical (unpaired) electrons. The van der Waals surface area contributed by atoms with Gasteiger partial charge >= 0.3 is 5.97 Å². The number of hydrogen-bond acceptors (Lipinski definition) is 7. The van der Waals surface area contributed by atoms with Gasteiger partial charge in [-0.2, -0.15) is 4.72 Å². The third kappa shape index (κ3) is 5.54. The largest absolute Gasteiger partial charge is 0.508 e. The van der Waals surface area contributed by atoms with Crippen LogP contribution in [0.5, 0.6) is 0 Å². The number of sulfonamides is 1. The molecule has 0 bridgehead atoms. The van der Waals surface area contributed by atoms with Gasteiger partial charge in [0.2, 0.25) is 10.0 Å². The molecule has 0 aromatic heterocycles. The lowest BCUT2D eigenvalue weighted by atomic mass is 10.1. The summed E-state index contributed by atoms with van der Waals surface area (Å²) in [6, 6.07) is 4.88. The normalized spacial score (nSPS) is 11.9. The number of ketones is 1. The zero-order valence-electron chi connectivity index (χ0n) is 14.2. The molecule has 0 atom stereocenters. The van der Waals surface area contributed by atoms with Crippen molar-refractivity contribution in [2.24, 2.45) is 0 Å². The average Bonchev–Trinajstić information content (AvgIpc) is 2.57. The van der Waals surface area contributed by atoms with Crippen molar-refractivity contribution in [3.8, 4) is 12.3 Å². The molecule has 1 aromatic carbocycles. The van der Waals surface area contributed by atoms with Crippen LogP contribution < -0.4 is 4.72 Å². The minimum Gasteiger partial charge on any atom is -0.508 e. The molecular weight excluding hydrogens is 360 g/mol. The molecule has 1 rings (SSSR count). The van der Waals surface area contributed by atoms with Gasteiger partial charge in [-0.25, -0.2) is 13.2 Å². The molecule has 138 valence electrons. The van der Waals surface area contributed by atoms with E-state index in [2.05, 4.69) is 10.6 Å². The fourth-order valence-corrected chi connectivity index (χ4v) is 2.90. The Morgan fingerprint density at radius 2 is 1.85 bits per heavy atom. The summed E-state index contributed by atoms with van der Waals surface area (Å²) in [6.07, 6.45) is 5.00. The van der Waals surface area contributed by atoms with Crippen LogP contribution in [0.25, 0.3) is 0 Å². The second-order valence-corrected chi connectivity index (χ2v) is 6.90. The molecule has 0 saturated carbocycles. The number of esters is 1. The highest BCUT2D eigenvalue weighted by molar-refractivity contribution is 7.89. The summed E-state index contributed by atoms with van der Waals surface area (Å²) in [5, 5.41) is 17.3. The number of nitrogens with one attached hydrogen (secondary N) is 2. The van der Waals surface area contributed by atoms with Crippen LogP contribution >= 0.6 is 0 Å². The minimum absolute atomic E-state index is 0.0460. The molecule has 0 unspecified atom stereocenters. The number of carbonyl (C=O) groups is 2. The van der Waals surface area contributed by atoms with Crippen LogP contribution in [0.15, 0.2) is 40.5 Å². The number of aliphatic hydroxyl groups is 1. The predicted molar refractivity (Wildman–Crippen MR) is 94.5 cm³/mol. The van der Waals surface area contributed by atoms with E-state index in [-0.39, 0.29) is 28.3 Å². The molecule has 1 aromatic rings. The highest BCUT2D eigenvalue weighted by Gasteiger charge is 2.17. The van der Waals surface area contributed by atoms with Crippen LogP contribution in [0.2, 0.25) is 0 Å². The molecule has 0 amide bonds. The zero-order chi connectivity index (χ0) is 19.9. The van der Waals surface area contributed by atoms with Crippen molar-refractivity contribution in [2.75, 3.05) is 13.2 Å². The first-order valence-electron chi connectivity index (χ1n) is 7.29. The van der Waals surface area contributed by atoms with Crippen LogP contribution in [0.1, 0.15) is 24.2 Å². The number of terminal acetylenes is 1. The van der Waals surface area contributed by atoms with Gasteiger partial charge in [-0.1, -0.05) is 5.92 Å². The number of rotatable bonds is 8. The van der Waals surface area contributed by atoms with Gasteiger partial charge in [0.05, 0.1) is 22.6 Å². The summed E-state index contributed by atoms with van der Waals surface area (Å²) in [6.45, 7) is 1.75. The Bertz CT molecular complexity index is 876. The van der Waals surface area contributed by atoms with Crippen LogP contribution in [0.4, 0.5) is 0 Å². The summed E-state index contributed by atoms with van der Waals surface area (Å²) in [4.78, 5) is 23.3. The van der Waals surface area contributed by atoms with Gasteiger partial charge in [-0.15, -0.1) is 6.42 Å². The number of hydrogen-bond donors (Lipinski definition) is 3. The molecule has 8 nitrogen and oxygen atoms in total. The van der Waals surface area contributed by atoms with Crippen molar-refractivity contribution in [3.63, 3.8) is 0 Å². The van der Waals surface area contributed by atoms with E-state index in [1.807, 2.05) is 0 Å². The van der Waals surface area contributed by atoms with Crippen molar-refractivity contribution in [2.45, 2.75) is 18.7 Å². The molecule has 0 saturated heterocycles. The lowest BCUT2D eigenvalue weighted by molar-refractivity contribution is -0.113. The lowest BCUT2D eigenvalue weighted by Crippen LogP contribution is -2.24. The van der Waals surface area contributed by atoms with Gasteiger partial charge in [0.15, 0.2) is 5.78 Å². The summed E-state index contributed by atoms with van der Waals surface area (Å²) in [7, 11) is -3.77. The Balaban J connectivity index is 2.87. The molecule has 0 aliphatic carbocycles. The van der Waals surface area contributed by atoms with E-state index in [0.717, 1.165) is 0 Å². The summed E-state index contributed by atoms with van der Waals surface area (Å²) < 4.78 is 30.8. The maximum absolute atomic E-state index is 12.0. The van der Waals surface area contributed by atoms with Crippen molar-refractivity contribution >= 4 is 27.5 Å². The van der Waals surface area contributed by atoms with Crippen LogP contribution in [0.3, 0.4) is 0 Å². The number of aliphatic hydroxyl groups excluding tert-OH is 1. The number of ether oxygens (including phenoxy) is 1. The fourth-order valence-electron chi connectivity index (χ4n) is 1.96. The van der Waals surface area contributed by atoms with Crippen molar-refractivity contribution < 1.29 is 27.9 Å². The van der Waals surface area contributed by atoms with Gasteiger partial charge in [-0.3, -0.25) is 4.79 Å². The van der Waals surface area contributed by atoms with E-state index in [1.165, 1.54) is 38.1 Å². The minimum atomic E-state index is -3.77. The maximum atomic E-state index is 12.0. The zero-order valence-corrected chi connectivity index (χ0v) is 15.0. The van der Waals surface area contributed by atoms with Gasteiger partial charge in [-0.05, 0) is 38.1 Å². The second kappa shape index (κ2) is 8.94. The SMILES string of the molecule is C#CCNS(=O)(=O)c1ccc(C(=O)OC/C(O)=C(\C(C)=N)C(C)=O)cc1. The van der Waals surface area contributed by atoms with Gasteiger partial charge in [0, 0.05) is 5.71 Å². The van der Waals surface area contributed by atoms with Gasteiger partial charge in [0.25, 0.3) is 0 Å². The topological polar surface area (TPSA) is 134 Å². The smallest absolute Gasteiger partial charge is 0.338 e. The summed E-state index contributed by atoms with van der Waals surface area (Å²) in [5.74, 6) is 0.254. The molecule has 0 heterocycles. The Labute approximate surface area is 151 Å². The first-order chi connectivity index (χ1) is 12.1. The van der Waals surface area contributed by atoms with Crippen LogP contribution in [-0.2, 0) is 19.6 Å². The number of allylic oxidation sites excluding steroid dienone is 1. The van der Waals surface area contributed by atoms with E-state index in [4.69, 9.17) is 16.6 Å². The first kappa shape index (κ1) is 21.1. The quantitative estimate of drug-likeness (QED) is 0.205. The van der Waals surface area contributed by atoms with E-state index < -0.39 is 34.1 Å². The highest BCUT2D eigenvalue weighted by atomic mass is 32.2. The van der Waals surface area contributed by atoms with Crippen molar-refractivity contribution in [1.29, 1.82) is 5.41 Å². The van der Waals surface area contributed by atoms with Gasteiger partial charge < -0.3 is 15.3 Å². The lowest BCUT2D eigenvalue weighted by Gasteiger charge is -2.09. The molecular formula is C17H18N2O6S. The van der Waals surface area contributed by atoms with Crippen molar-refractivity contribution in [1.82, 2.24) is 4.72 Å². The Kier molecular flexibility index (Phi) is 7.25. The fraction of sp³-hybridized carbons (Fsp3) is 0.235. The number of Topliss-reactive ketones (excluding diaryl/α,β-unsaturated/α-hetero) is 1. The molecule has 0 aliphatic heterocycles. The van der Waals surface area contributed by atoms with E-state index >= 15 is 0 Å². The molecule has 0 spiro atoms. The standard InChI is InChI=1S/C17H18N2O6S/c1-4-9-19-26(23,24)14-7-5-13(6-8-14)17(22)25-10-15(21)16(11(2)18)12(3)20/h1,5-8,18-19,21H,9-10H2,2-3H3/b16-15-,18-11?. The van der Waals surface area contributed by atoms with E-state index in [0.29, 0.717) is 0 Å². The molecule has 0 aliphatic rings. The average molecular weight is 378 g/mol. The number of carbonyl (C=O) groups excluding carboxylic acids is 2. The Hall–Kier alpha value is -2.96. The third-order valence-electron chi connectivity index (χ3n) is 3.12. The predicted octanol–water partition coefficient (Wildman–Crippen LogP) is 1.20. The Morgan fingerprint density at radius 1 is 1.27 bits per heavy atom. The summed E-state index contributed by atoms with van der Waals surface area (Å²) >= 11 is 0. The molecule has 0 fully saturated rings. The summed E-state index contributed by atoms with van der Waals surface area (Å²) in [5.41, 5.74) is -0.330. The second-order valence-electron chi connectivity index (χ2n) is 5.13. The number of benzene rings is 1. The first-order valence-corrected chi connectivity index (χ1v) is 8.77. The maximum Gasteiger partial charge on any atom is 0.338 e. The molecule has 9 heteroatoms.